The van der Waals surface area contributed by atoms with Crippen LogP contribution < -0.4 is 5.73 Å². The molecule has 6 aromatic rings. The lowest BCUT2D eigenvalue weighted by molar-refractivity contribution is -0.384. The Kier molecular flexibility index (Phi) is 16.1. The molecule has 0 aliphatic rings. The summed E-state index contributed by atoms with van der Waals surface area (Å²) < 4.78 is 0.312. The van der Waals surface area contributed by atoms with Crippen molar-refractivity contribution in [1.29, 1.82) is 0 Å². The summed E-state index contributed by atoms with van der Waals surface area (Å²) in [6.45, 7) is 21.3. The minimum atomic E-state index is -0.402. The van der Waals surface area contributed by atoms with E-state index in [0.717, 1.165) is 33.0 Å². The molecule has 0 aliphatic carbocycles. The van der Waals surface area contributed by atoms with Crippen molar-refractivity contribution >= 4 is 65.7 Å². The molecule has 0 saturated heterocycles. The molecule has 12 heteroatoms. The first kappa shape index (κ1) is 44.3. The first-order chi connectivity index (χ1) is 23.1. The lowest BCUT2D eigenvalue weighted by Crippen LogP contribution is -2.09. The largest absolute Gasteiger partial charge is 0.399 e. The summed E-state index contributed by atoms with van der Waals surface area (Å²) >= 11 is 3.38. The monoisotopic (exact) mass is 766 g/mol. The molecule has 278 valence electrons. The number of nitrogen functional groups attached to an aromatic ring is 1. The minimum absolute atomic E-state index is 0. The zero-order valence-corrected chi connectivity index (χ0v) is 32.2. The van der Waals surface area contributed by atoms with Crippen LogP contribution in [-0.2, 0) is 10.8 Å². The average Bonchev–Trinajstić information content (AvgIpc) is 3.74. The Morgan fingerprint density at radius 3 is 1.51 bits per heavy atom. The molecule has 51 heavy (non-hydrogen) atoms. The van der Waals surface area contributed by atoms with Crippen molar-refractivity contribution in [3.05, 3.63) is 111 Å². The van der Waals surface area contributed by atoms with Crippen LogP contribution in [0.3, 0.4) is 0 Å². The number of aliphatic hydroxyl groups excluding tert-OH is 1. The molecule has 3 aromatic heterocycles. The lowest BCUT2D eigenvalue weighted by atomic mass is 9.87. The van der Waals surface area contributed by atoms with Gasteiger partial charge in [-0.1, -0.05) is 91.7 Å². The van der Waals surface area contributed by atoms with Gasteiger partial charge in [0.05, 0.1) is 20.9 Å². The second kappa shape index (κ2) is 18.5. The molecule has 0 amide bonds. The van der Waals surface area contributed by atoms with Crippen LogP contribution in [0.4, 0.5) is 17.1 Å². The Bertz CT molecular complexity index is 2000. The van der Waals surface area contributed by atoms with Gasteiger partial charge in [0.15, 0.2) is 0 Å². The SMILES string of the molecule is C.CC(C)(C)Br.CC(C)(C)c1c[nH]c2cc(N)ccc12.CC(C)(C)c1c[nH]c2cc([N+](=O)[O-])ccc12.CCO.O=[N+]([O-])c1ccc2cc[nH]c2c1. The van der Waals surface area contributed by atoms with Gasteiger partial charge < -0.3 is 25.8 Å². The number of hydrogen-bond acceptors (Lipinski definition) is 6. The molecule has 0 atom stereocenters. The van der Waals surface area contributed by atoms with E-state index in [1.165, 1.54) is 28.6 Å². The van der Waals surface area contributed by atoms with Crippen LogP contribution in [0.25, 0.3) is 32.7 Å². The fourth-order valence-electron chi connectivity index (χ4n) is 4.76. The lowest BCUT2D eigenvalue weighted by Gasteiger charge is -2.17. The summed E-state index contributed by atoms with van der Waals surface area (Å²) in [5.41, 5.74) is 12.2. The molecule has 6 rings (SSSR count). The standard InChI is InChI=1S/C12H14N2O2.C12H16N2.C8H6N2O2.C4H9Br.C2H6O.CH4/c1-12(2,3)10-7-13-11-6-8(14(15)16)4-5-9(10)11;1-12(2,3)10-7-14-11-6-8(13)4-5-9(10)11;11-10(12)7-2-1-6-3-4-9-8(6)5-7;1-4(2,3)5;1-2-3;/h4-7,13H,1-3H3;4-7,14H,13H2,1-3H3;1-5,9H;1-3H3;3H,2H2,1H3;1H4. The van der Waals surface area contributed by atoms with Gasteiger partial charge in [0.2, 0.25) is 0 Å². The van der Waals surface area contributed by atoms with E-state index in [0.29, 0.717) is 4.32 Å². The number of aliphatic hydroxyl groups is 1. The minimum Gasteiger partial charge on any atom is -0.399 e. The van der Waals surface area contributed by atoms with E-state index < -0.39 is 4.92 Å². The normalized spacial score (nSPS) is 11.1. The maximum absolute atomic E-state index is 10.6. The van der Waals surface area contributed by atoms with Gasteiger partial charge in [-0.2, -0.15) is 0 Å². The first-order valence-corrected chi connectivity index (χ1v) is 17.0. The van der Waals surface area contributed by atoms with Gasteiger partial charge in [-0.15, -0.1) is 0 Å². The summed E-state index contributed by atoms with van der Waals surface area (Å²) in [6.07, 6.45) is 5.76. The molecule has 3 heterocycles. The van der Waals surface area contributed by atoms with Gasteiger partial charge in [-0.3, -0.25) is 20.2 Å². The average molecular weight is 768 g/mol. The molecular formula is C39H55BrN6O5. The second-order valence-corrected chi connectivity index (χ2v) is 17.0. The van der Waals surface area contributed by atoms with Gasteiger partial charge in [0.25, 0.3) is 11.4 Å². The van der Waals surface area contributed by atoms with Gasteiger partial charge in [-0.25, -0.2) is 0 Å². The van der Waals surface area contributed by atoms with Gasteiger partial charge >= 0.3 is 0 Å². The summed E-state index contributed by atoms with van der Waals surface area (Å²) in [4.78, 5) is 29.5. The zero-order chi connectivity index (χ0) is 38.0. The number of nitro benzene ring substituents is 2. The highest BCUT2D eigenvalue weighted by molar-refractivity contribution is 9.10. The van der Waals surface area contributed by atoms with Crippen LogP contribution in [0.1, 0.15) is 87.8 Å². The van der Waals surface area contributed by atoms with E-state index in [1.54, 1.807) is 31.3 Å². The number of alkyl halides is 1. The molecule has 0 spiro atoms. The van der Waals surface area contributed by atoms with E-state index in [1.807, 2.05) is 30.5 Å². The molecule has 0 saturated carbocycles. The highest BCUT2D eigenvalue weighted by Crippen LogP contribution is 2.32. The van der Waals surface area contributed by atoms with E-state index in [2.05, 4.69) is 105 Å². The summed E-state index contributed by atoms with van der Waals surface area (Å²) in [7, 11) is 0. The van der Waals surface area contributed by atoms with Crippen LogP contribution in [-0.4, -0.2) is 40.8 Å². The number of nitrogens with two attached hydrogens (primary N) is 1. The van der Waals surface area contributed by atoms with Crippen LogP contribution in [0.2, 0.25) is 0 Å². The fourth-order valence-corrected chi connectivity index (χ4v) is 4.76. The molecule has 6 N–H and O–H groups in total. The van der Waals surface area contributed by atoms with E-state index in [-0.39, 0.29) is 41.2 Å². The van der Waals surface area contributed by atoms with Crippen molar-refractivity contribution in [2.45, 2.75) is 91.8 Å². The van der Waals surface area contributed by atoms with Crippen molar-refractivity contribution in [3.63, 3.8) is 0 Å². The van der Waals surface area contributed by atoms with Crippen molar-refractivity contribution in [2.24, 2.45) is 0 Å². The quantitative estimate of drug-likeness (QED) is 0.0506. The molecule has 11 nitrogen and oxygen atoms in total. The molecule has 0 aliphatic heterocycles. The van der Waals surface area contributed by atoms with E-state index in [9.17, 15) is 20.2 Å². The van der Waals surface area contributed by atoms with Crippen molar-refractivity contribution in [2.75, 3.05) is 12.3 Å². The Balaban J connectivity index is 0.000000345. The number of nitrogens with zero attached hydrogens (tertiary/aromatic N) is 2. The predicted molar refractivity (Wildman–Crippen MR) is 218 cm³/mol. The number of rotatable bonds is 2. The number of fused-ring (bicyclic) bond motifs is 3. The Morgan fingerprint density at radius 2 is 1.08 bits per heavy atom. The van der Waals surface area contributed by atoms with E-state index >= 15 is 0 Å². The van der Waals surface area contributed by atoms with Crippen molar-refractivity contribution in [3.8, 4) is 0 Å². The zero-order valence-electron chi connectivity index (χ0n) is 30.6. The number of aromatic nitrogens is 3. The van der Waals surface area contributed by atoms with Gasteiger partial charge in [0, 0.05) is 75.8 Å². The van der Waals surface area contributed by atoms with Crippen LogP contribution in [0.15, 0.2) is 79.3 Å². The Morgan fingerprint density at radius 1 is 0.686 bits per heavy atom. The van der Waals surface area contributed by atoms with Gasteiger partial charge in [0.1, 0.15) is 0 Å². The van der Waals surface area contributed by atoms with Crippen molar-refractivity contribution in [1.82, 2.24) is 15.0 Å². The third-order valence-corrected chi connectivity index (χ3v) is 6.95. The van der Waals surface area contributed by atoms with Gasteiger partial charge in [-0.05, 0) is 64.6 Å². The van der Waals surface area contributed by atoms with Crippen molar-refractivity contribution < 1.29 is 15.0 Å². The number of anilines is 1. The third kappa shape index (κ3) is 13.9. The Labute approximate surface area is 309 Å². The van der Waals surface area contributed by atoms with Crippen LogP contribution >= 0.6 is 15.9 Å². The second-order valence-electron chi connectivity index (χ2n) is 14.6. The van der Waals surface area contributed by atoms with Crippen LogP contribution in [0, 0.1) is 20.2 Å². The molecule has 0 unspecified atom stereocenters. The topological polar surface area (TPSA) is 180 Å². The number of hydrogen-bond donors (Lipinski definition) is 5. The predicted octanol–water partition coefficient (Wildman–Crippen LogP) is 11.3. The summed E-state index contributed by atoms with van der Waals surface area (Å²) in [5, 5.41) is 31.9. The van der Waals surface area contributed by atoms with E-state index in [4.69, 9.17) is 10.8 Å². The number of aromatic amines is 3. The maximum Gasteiger partial charge on any atom is 0.271 e. The fraction of sp³-hybridized carbons (Fsp3) is 0.385. The smallest absolute Gasteiger partial charge is 0.271 e. The number of benzene rings is 3. The summed E-state index contributed by atoms with van der Waals surface area (Å²) in [6, 6.07) is 17.6. The highest BCUT2D eigenvalue weighted by atomic mass is 79.9. The highest BCUT2D eigenvalue weighted by Gasteiger charge is 2.20. The first-order valence-electron chi connectivity index (χ1n) is 16.2. The number of H-pyrrole nitrogens is 3. The number of halogens is 1. The Hall–Kier alpha value is -4.68. The number of nitro groups is 2. The maximum atomic E-state index is 10.6. The molecule has 0 bridgehead atoms. The molecular weight excluding hydrogens is 712 g/mol. The molecule has 0 radical (unpaired) electrons. The number of nitrogens with one attached hydrogen (secondary N) is 3. The third-order valence-electron chi connectivity index (χ3n) is 6.95. The van der Waals surface area contributed by atoms with Crippen LogP contribution in [0.5, 0.6) is 0 Å². The number of non-ortho nitro benzene ring substituents is 2. The molecule has 3 aromatic carbocycles. The molecule has 0 fully saturated rings. The summed E-state index contributed by atoms with van der Waals surface area (Å²) in [5.74, 6) is 0.